The quantitative estimate of drug-likeness (QED) is 0.854. The van der Waals surface area contributed by atoms with E-state index in [0.29, 0.717) is 12.7 Å². The number of ether oxygens (including phenoxy) is 2. The van der Waals surface area contributed by atoms with Gasteiger partial charge in [-0.05, 0) is 44.7 Å². The van der Waals surface area contributed by atoms with Crippen LogP contribution in [-0.4, -0.2) is 31.4 Å². The standard InChI is InChI=1S/C16H23NO2/c1-12-2-6-14(7-3-12)18-11-16-9-8-15(19-16)10-17-13-4-5-13/h2-3,6-7,13,15-17H,4-5,8-11H2,1H3. The highest BCUT2D eigenvalue weighted by Crippen LogP contribution is 2.23. The van der Waals surface area contributed by atoms with Gasteiger partial charge in [-0.25, -0.2) is 0 Å². The first kappa shape index (κ1) is 12.9. The molecule has 3 rings (SSSR count). The van der Waals surface area contributed by atoms with Crippen LogP contribution in [0.15, 0.2) is 24.3 Å². The van der Waals surface area contributed by atoms with E-state index in [4.69, 9.17) is 9.47 Å². The number of benzene rings is 1. The minimum absolute atomic E-state index is 0.257. The van der Waals surface area contributed by atoms with E-state index in [1.807, 2.05) is 12.1 Å². The molecule has 1 aromatic carbocycles. The minimum atomic E-state index is 0.257. The molecule has 2 fully saturated rings. The third-order valence-corrected chi connectivity index (χ3v) is 3.86. The molecule has 1 heterocycles. The van der Waals surface area contributed by atoms with Gasteiger partial charge in [-0.1, -0.05) is 17.7 Å². The molecule has 104 valence electrons. The van der Waals surface area contributed by atoms with Crippen molar-refractivity contribution in [2.24, 2.45) is 0 Å². The van der Waals surface area contributed by atoms with Crippen molar-refractivity contribution in [2.45, 2.75) is 50.9 Å². The predicted octanol–water partition coefficient (Wildman–Crippen LogP) is 2.67. The average Bonchev–Trinajstić information content (AvgIpc) is 3.15. The largest absolute Gasteiger partial charge is 0.491 e. The second kappa shape index (κ2) is 5.93. The summed E-state index contributed by atoms with van der Waals surface area (Å²) in [6.07, 6.45) is 5.59. The molecule has 3 heteroatoms. The summed E-state index contributed by atoms with van der Waals surface area (Å²) in [6.45, 7) is 3.76. The Morgan fingerprint density at radius 3 is 2.58 bits per heavy atom. The van der Waals surface area contributed by atoms with Crippen LogP contribution in [0, 0.1) is 6.92 Å². The van der Waals surface area contributed by atoms with Crippen LogP contribution in [0.4, 0.5) is 0 Å². The van der Waals surface area contributed by atoms with E-state index in [9.17, 15) is 0 Å². The van der Waals surface area contributed by atoms with E-state index >= 15 is 0 Å². The van der Waals surface area contributed by atoms with Gasteiger partial charge >= 0.3 is 0 Å². The number of hydrogen-bond donors (Lipinski definition) is 1. The van der Waals surface area contributed by atoms with Crippen LogP contribution in [0.25, 0.3) is 0 Å². The zero-order valence-corrected chi connectivity index (χ0v) is 11.6. The van der Waals surface area contributed by atoms with E-state index < -0.39 is 0 Å². The molecular formula is C16H23NO2. The van der Waals surface area contributed by atoms with Crippen molar-refractivity contribution < 1.29 is 9.47 Å². The maximum absolute atomic E-state index is 6.00. The van der Waals surface area contributed by atoms with Crippen LogP contribution in [0.5, 0.6) is 5.75 Å². The maximum atomic E-state index is 6.00. The first-order valence-corrected chi connectivity index (χ1v) is 7.38. The highest BCUT2D eigenvalue weighted by Gasteiger charge is 2.28. The third-order valence-electron chi connectivity index (χ3n) is 3.86. The molecule has 1 aliphatic heterocycles. The smallest absolute Gasteiger partial charge is 0.119 e. The second-order valence-electron chi connectivity index (χ2n) is 5.76. The molecule has 1 saturated carbocycles. The second-order valence-corrected chi connectivity index (χ2v) is 5.76. The van der Waals surface area contributed by atoms with Crippen molar-refractivity contribution in [1.29, 1.82) is 0 Å². The molecule has 0 radical (unpaired) electrons. The summed E-state index contributed by atoms with van der Waals surface area (Å²) in [6, 6.07) is 8.97. The molecule has 19 heavy (non-hydrogen) atoms. The van der Waals surface area contributed by atoms with Gasteiger partial charge in [0.05, 0.1) is 12.2 Å². The van der Waals surface area contributed by atoms with Crippen LogP contribution >= 0.6 is 0 Å². The fraction of sp³-hybridized carbons (Fsp3) is 0.625. The lowest BCUT2D eigenvalue weighted by molar-refractivity contribution is 0.0184. The Hall–Kier alpha value is -1.06. The van der Waals surface area contributed by atoms with Crippen molar-refractivity contribution in [3.05, 3.63) is 29.8 Å². The lowest BCUT2D eigenvalue weighted by Gasteiger charge is -2.15. The third kappa shape index (κ3) is 3.95. The summed E-state index contributed by atoms with van der Waals surface area (Å²) in [5.41, 5.74) is 1.26. The first-order chi connectivity index (χ1) is 9.29. The van der Waals surface area contributed by atoms with E-state index in [1.165, 1.54) is 18.4 Å². The maximum Gasteiger partial charge on any atom is 0.119 e. The normalized spacial score (nSPS) is 26.6. The van der Waals surface area contributed by atoms with Crippen LogP contribution in [0.1, 0.15) is 31.2 Å². The Bertz CT molecular complexity index is 400. The van der Waals surface area contributed by atoms with Gasteiger partial charge in [-0.15, -0.1) is 0 Å². The van der Waals surface area contributed by atoms with Crippen molar-refractivity contribution in [3.8, 4) is 5.75 Å². The van der Waals surface area contributed by atoms with Crippen LogP contribution < -0.4 is 10.1 Å². The lowest BCUT2D eigenvalue weighted by atomic mass is 10.2. The summed E-state index contributed by atoms with van der Waals surface area (Å²) in [4.78, 5) is 0. The zero-order chi connectivity index (χ0) is 13.1. The van der Waals surface area contributed by atoms with Gasteiger partial charge in [-0.2, -0.15) is 0 Å². The first-order valence-electron chi connectivity index (χ1n) is 7.38. The monoisotopic (exact) mass is 261 g/mol. The SMILES string of the molecule is Cc1ccc(OCC2CCC(CNC3CC3)O2)cc1. The van der Waals surface area contributed by atoms with Crippen LogP contribution in [0.2, 0.25) is 0 Å². The molecule has 3 nitrogen and oxygen atoms in total. The summed E-state index contributed by atoms with van der Waals surface area (Å²) in [5.74, 6) is 0.939. The fourth-order valence-electron chi connectivity index (χ4n) is 2.46. The number of aryl methyl sites for hydroxylation is 1. The Morgan fingerprint density at radius 2 is 1.84 bits per heavy atom. The molecule has 1 aliphatic carbocycles. The summed E-state index contributed by atoms with van der Waals surface area (Å²) in [5, 5.41) is 3.53. The zero-order valence-electron chi connectivity index (χ0n) is 11.6. The molecule has 0 bridgehead atoms. The van der Waals surface area contributed by atoms with Gasteiger partial charge in [-0.3, -0.25) is 0 Å². The average molecular weight is 261 g/mol. The Balaban J connectivity index is 1.37. The van der Waals surface area contributed by atoms with Gasteiger partial charge in [0, 0.05) is 12.6 Å². The van der Waals surface area contributed by atoms with Gasteiger partial charge in [0.1, 0.15) is 12.4 Å². The highest BCUT2D eigenvalue weighted by molar-refractivity contribution is 5.26. The van der Waals surface area contributed by atoms with Gasteiger partial charge < -0.3 is 14.8 Å². The van der Waals surface area contributed by atoms with E-state index in [0.717, 1.165) is 31.2 Å². The van der Waals surface area contributed by atoms with Crippen molar-refractivity contribution in [3.63, 3.8) is 0 Å². The predicted molar refractivity (Wildman–Crippen MR) is 75.6 cm³/mol. The molecule has 2 aliphatic rings. The molecular weight excluding hydrogens is 238 g/mol. The summed E-state index contributed by atoms with van der Waals surface area (Å²) in [7, 11) is 0. The molecule has 1 aromatic rings. The molecule has 1 N–H and O–H groups in total. The Kier molecular flexibility index (Phi) is 4.04. The molecule has 0 spiro atoms. The van der Waals surface area contributed by atoms with Crippen molar-refractivity contribution >= 4 is 0 Å². The Labute approximate surface area is 115 Å². The minimum Gasteiger partial charge on any atom is -0.491 e. The van der Waals surface area contributed by atoms with Gasteiger partial charge in [0.25, 0.3) is 0 Å². The molecule has 2 unspecified atom stereocenters. The van der Waals surface area contributed by atoms with E-state index in [2.05, 4.69) is 24.4 Å². The lowest BCUT2D eigenvalue weighted by Crippen LogP contribution is -2.29. The van der Waals surface area contributed by atoms with Crippen molar-refractivity contribution in [1.82, 2.24) is 5.32 Å². The van der Waals surface area contributed by atoms with Crippen LogP contribution in [0.3, 0.4) is 0 Å². The summed E-state index contributed by atoms with van der Waals surface area (Å²) < 4.78 is 11.8. The summed E-state index contributed by atoms with van der Waals surface area (Å²) >= 11 is 0. The molecule has 0 amide bonds. The Morgan fingerprint density at radius 1 is 1.11 bits per heavy atom. The van der Waals surface area contributed by atoms with Gasteiger partial charge in [0.15, 0.2) is 0 Å². The molecule has 2 atom stereocenters. The van der Waals surface area contributed by atoms with E-state index in [1.54, 1.807) is 0 Å². The molecule has 1 saturated heterocycles. The van der Waals surface area contributed by atoms with E-state index in [-0.39, 0.29) is 6.10 Å². The topological polar surface area (TPSA) is 30.5 Å². The number of rotatable bonds is 6. The van der Waals surface area contributed by atoms with Gasteiger partial charge in [0.2, 0.25) is 0 Å². The van der Waals surface area contributed by atoms with Crippen LogP contribution in [-0.2, 0) is 4.74 Å². The molecule has 0 aromatic heterocycles. The highest BCUT2D eigenvalue weighted by atomic mass is 16.5. The van der Waals surface area contributed by atoms with Crippen molar-refractivity contribution in [2.75, 3.05) is 13.2 Å². The number of nitrogens with one attached hydrogen (secondary N) is 1. The number of hydrogen-bond acceptors (Lipinski definition) is 3. The fourth-order valence-corrected chi connectivity index (χ4v) is 2.46.